The van der Waals surface area contributed by atoms with Crippen molar-refractivity contribution in [1.29, 1.82) is 0 Å². The van der Waals surface area contributed by atoms with Gasteiger partial charge < -0.3 is 15.2 Å². The van der Waals surface area contributed by atoms with Crippen LogP contribution in [0.4, 0.5) is 5.69 Å². The van der Waals surface area contributed by atoms with Crippen LogP contribution in [0, 0.1) is 0 Å². The lowest BCUT2D eigenvalue weighted by molar-refractivity contribution is 0.0457. The van der Waals surface area contributed by atoms with Gasteiger partial charge in [0.2, 0.25) is 0 Å². The minimum absolute atomic E-state index is 0.0274. The molecule has 1 fully saturated rings. The molecule has 6 heteroatoms. The second-order valence-corrected chi connectivity index (χ2v) is 6.10. The Hall–Kier alpha value is -2.73. The summed E-state index contributed by atoms with van der Waals surface area (Å²) in [7, 11) is 0. The highest BCUT2D eigenvalue weighted by molar-refractivity contribution is 6.04. The number of aromatic carboxylic acids is 1. The third-order valence-corrected chi connectivity index (χ3v) is 4.24. The molecule has 0 saturated heterocycles. The molecular weight excluding hydrogens is 320 g/mol. The number of nitrogens with one attached hydrogen (secondary N) is 1. The Labute approximate surface area is 145 Å². The van der Waals surface area contributed by atoms with E-state index in [0.717, 1.165) is 18.4 Å². The Morgan fingerprint density at radius 2 is 1.88 bits per heavy atom. The number of carboxylic acid groups (broad SMARTS) is 1. The predicted molar refractivity (Wildman–Crippen MR) is 92.6 cm³/mol. The van der Waals surface area contributed by atoms with E-state index in [4.69, 9.17) is 9.84 Å². The first-order chi connectivity index (χ1) is 12.1. The van der Waals surface area contributed by atoms with Gasteiger partial charge >= 0.3 is 5.97 Å². The number of anilines is 1. The van der Waals surface area contributed by atoms with E-state index in [1.54, 1.807) is 12.1 Å². The summed E-state index contributed by atoms with van der Waals surface area (Å²) in [5, 5.41) is 11.7. The number of carbonyl (C=O) groups is 2. The van der Waals surface area contributed by atoms with Crippen LogP contribution >= 0.6 is 0 Å². The van der Waals surface area contributed by atoms with E-state index >= 15 is 0 Å². The van der Waals surface area contributed by atoms with E-state index in [2.05, 4.69) is 10.3 Å². The van der Waals surface area contributed by atoms with Gasteiger partial charge in [0.1, 0.15) is 5.69 Å². The fraction of sp³-hybridized carbons (Fsp3) is 0.316. The first-order valence-electron chi connectivity index (χ1n) is 8.33. The molecule has 0 radical (unpaired) electrons. The molecule has 130 valence electrons. The quantitative estimate of drug-likeness (QED) is 0.840. The minimum atomic E-state index is -1.09. The normalized spacial score (nSPS) is 14.4. The Balaban J connectivity index is 1.58. The number of hydrogen-bond acceptors (Lipinski definition) is 4. The van der Waals surface area contributed by atoms with Gasteiger partial charge in [-0.05, 0) is 42.7 Å². The highest BCUT2D eigenvalue weighted by atomic mass is 16.5. The largest absolute Gasteiger partial charge is 0.478 e. The Bertz CT molecular complexity index is 752. The molecule has 1 aromatic carbocycles. The number of amides is 1. The monoisotopic (exact) mass is 340 g/mol. The molecule has 0 atom stereocenters. The topological polar surface area (TPSA) is 88.5 Å². The average molecular weight is 340 g/mol. The van der Waals surface area contributed by atoms with Crippen LogP contribution in [0.25, 0.3) is 0 Å². The molecule has 0 bridgehead atoms. The second-order valence-electron chi connectivity index (χ2n) is 6.10. The second kappa shape index (κ2) is 7.90. The third-order valence-electron chi connectivity index (χ3n) is 4.24. The first kappa shape index (κ1) is 17.1. The van der Waals surface area contributed by atoms with Crippen molar-refractivity contribution >= 4 is 17.6 Å². The lowest BCUT2D eigenvalue weighted by atomic mass is 10.2. The van der Waals surface area contributed by atoms with Crippen LogP contribution in [0.3, 0.4) is 0 Å². The van der Waals surface area contributed by atoms with Crippen molar-refractivity contribution < 1.29 is 19.4 Å². The SMILES string of the molecule is O=C(O)c1ccnc(C(=O)Nc2ccc(COC3CCCC3)cc2)c1. The van der Waals surface area contributed by atoms with Gasteiger partial charge in [0.05, 0.1) is 18.3 Å². The van der Waals surface area contributed by atoms with Crippen molar-refractivity contribution in [3.8, 4) is 0 Å². The highest BCUT2D eigenvalue weighted by Gasteiger charge is 2.15. The zero-order valence-corrected chi connectivity index (χ0v) is 13.8. The molecule has 1 aliphatic rings. The van der Waals surface area contributed by atoms with Gasteiger partial charge in [0, 0.05) is 11.9 Å². The van der Waals surface area contributed by atoms with E-state index < -0.39 is 11.9 Å². The van der Waals surface area contributed by atoms with Gasteiger partial charge in [-0.2, -0.15) is 0 Å². The minimum Gasteiger partial charge on any atom is -0.478 e. The van der Waals surface area contributed by atoms with Gasteiger partial charge in [-0.1, -0.05) is 25.0 Å². The van der Waals surface area contributed by atoms with Gasteiger partial charge in [-0.15, -0.1) is 0 Å². The van der Waals surface area contributed by atoms with Crippen molar-refractivity contribution in [2.24, 2.45) is 0 Å². The summed E-state index contributed by atoms with van der Waals surface area (Å²) in [5.41, 5.74) is 1.76. The number of carboxylic acids is 1. The number of hydrogen-bond donors (Lipinski definition) is 2. The van der Waals surface area contributed by atoms with E-state index in [1.807, 2.05) is 12.1 Å². The summed E-state index contributed by atoms with van der Waals surface area (Å²) >= 11 is 0. The molecule has 2 N–H and O–H groups in total. The van der Waals surface area contributed by atoms with Gasteiger partial charge in [0.15, 0.2) is 0 Å². The third kappa shape index (κ3) is 4.64. The highest BCUT2D eigenvalue weighted by Crippen LogP contribution is 2.22. The van der Waals surface area contributed by atoms with E-state index in [9.17, 15) is 9.59 Å². The summed E-state index contributed by atoms with van der Waals surface area (Å²) in [5.74, 6) is -1.54. The first-order valence-corrected chi connectivity index (χ1v) is 8.33. The molecule has 1 amide bonds. The Morgan fingerprint density at radius 3 is 2.56 bits per heavy atom. The molecule has 25 heavy (non-hydrogen) atoms. The Morgan fingerprint density at radius 1 is 1.16 bits per heavy atom. The van der Waals surface area contributed by atoms with Crippen molar-refractivity contribution in [2.45, 2.75) is 38.4 Å². The predicted octanol–water partition coefficient (Wildman–Crippen LogP) is 3.49. The van der Waals surface area contributed by atoms with Crippen LogP contribution < -0.4 is 5.32 Å². The number of rotatable bonds is 6. The number of nitrogens with zero attached hydrogens (tertiary/aromatic N) is 1. The molecule has 0 aliphatic heterocycles. The molecule has 0 unspecified atom stereocenters. The van der Waals surface area contributed by atoms with Crippen LogP contribution in [0.5, 0.6) is 0 Å². The number of ether oxygens (including phenoxy) is 1. The summed E-state index contributed by atoms with van der Waals surface area (Å²) < 4.78 is 5.86. The lowest BCUT2D eigenvalue weighted by Gasteiger charge is -2.11. The van der Waals surface area contributed by atoms with Crippen LogP contribution in [-0.4, -0.2) is 28.1 Å². The fourth-order valence-electron chi connectivity index (χ4n) is 2.84. The lowest BCUT2D eigenvalue weighted by Crippen LogP contribution is -2.14. The van der Waals surface area contributed by atoms with Gasteiger partial charge in [-0.25, -0.2) is 4.79 Å². The van der Waals surface area contributed by atoms with Crippen molar-refractivity contribution in [3.63, 3.8) is 0 Å². The number of carbonyl (C=O) groups excluding carboxylic acids is 1. The number of aromatic nitrogens is 1. The van der Waals surface area contributed by atoms with Crippen LogP contribution in [-0.2, 0) is 11.3 Å². The van der Waals surface area contributed by atoms with E-state index in [-0.39, 0.29) is 11.3 Å². The van der Waals surface area contributed by atoms with Gasteiger partial charge in [0.25, 0.3) is 5.91 Å². The molecule has 0 spiro atoms. The standard InChI is InChI=1S/C19H20N2O4/c22-18(17-11-14(19(23)24)9-10-20-17)21-15-7-5-13(6-8-15)12-25-16-3-1-2-4-16/h5-11,16H,1-4,12H2,(H,21,22)(H,23,24). The Kier molecular flexibility index (Phi) is 5.40. The van der Waals surface area contributed by atoms with Crippen LogP contribution in [0.1, 0.15) is 52.1 Å². The molecule has 1 aliphatic carbocycles. The van der Waals surface area contributed by atoms with Crippen molar-refractivity contribution in [3.05, 3.63) is 59.4 Å². The van der Waals surface area contributed by atoms with Gasteiger partial charge in [-0.3, -0.25) is 9.78 Å². The molecule has 1 aromatic heterocycles. The molecule has 1 heterocycles. The van der Waals surface area contributed by atoms with Crippen LogP contribution in [0.15, 0.2) is 42.6 Å². The smallest absolute Gasteiger partial charge is 0.335 e. The molecule has 6 nitrogen and oxygen atoms in total. The number of pyridine rings is 1. The molecule has 2 aromatic rings. The molecular formula is C19H20N2O4. The maximum absolute atomic E-state index is 12.2. The molecule has 3 rings (SSSR count). The van der Waals surface area contributed by atoms with E-state index in [1.165, 1.54) is 31.2 Å². The fourth-order valence-corrected chi connectivity index (χ4v) is 2.84. The maximum Gasteiger partial charge on any atom is 0.335 e. The van der Waals surface area contributed by atoms with Crippen LogP contribution in [0.2, 0.25) is 0 Å². The summed E-state index contributed by atoms with van der Waals surface area (Å²) in [6.45, 7) is 0.571. The average Bonchev–Trinajstić information content (AvgIpc) is 3.15. The summed E-state index contributed by atoms with van der Waals surface area (Å²) in [6.07, 6.45) is 6.43. The molecule has 1 saturated carbocycles. The van der Waals surface area contributed by atoms with Crippen molar-refractivity contribution in [2.75, 3.05) is 5.32 Å². The van der Waals surface area contributed by atoms with E-state index in [0.29, 0.717) is 18.4 Å². The summed E-state index contributed by atoms with van der Waals surface area (Å²) in [4.78, 5) is 27.1. The maximum atomic E-state index is 12.2. The zero-order valence-electron chi connectivity index (χ0n) is 13.8. The van der Waals surface area contributed by atoms with Crippen molar-refractivity contribution in [1.82, 2.24) is 4.98 Å². The zero-order chi connectivity index (χ0) is 17.6. The number of benzene rings is 1. The summed E-state index contributed by atoms with van der Waals surface area (Å²) in [6, 6.07) is 10.0.